The largest absolute Gasteiger partial charge is 0.488 e. The fourth-order valence-corrected chi connectivity index (χ4v) is 6.86. The van der Waals surface area contributed by atoms with Crippen molar-refractivity contribution in [2.24, 2.45) is 0 Å². The van der Waals surface area contributed by atoms with Crippen LogP contribution in [-0.4, -0.2) is 77.4 Å². The fraction of sp³-hybridized carbons (Fsp3) is 0.583. The molecule has 7 N–H and O–H groups in total. The number of nitrogens with zero attached hydrogens (tertiary/aromatic N) is 1. The molecule has 0 radical (unpaired) electrons. The molecule has 1 amide bonds. The third-order valence-corrected chi connectivity index (χ3v) is 8.93. The van der Waals surface area contributed by atoms with Crippen LogP contribution in [0, 0.1) is 0 Å². The standard InChI is InChI=1S/C12H20FN2O13P3S/c1-7-14-8(16)3-4-15(7)10-11(2,18)9(17)12(5-13,26-10)6-25-31(24,32)28-30(22,23)27-29(19,20)21/h3-4,9-10,17-18H,1,5-6H2,2H3,(H,14,16)(H,22,23)(H,24,32)(H2,19,20,21)/t9-,10+,11+,12+,31+/m0/s1. The molecule has 1 unspecified atom stereocenters. The van der Waals surface area contributed by atoms with Gasteiger partial charge in [0, 0.05) is 12.3 Å². The molecular formula is C12H20FN2O13P3S. The smallest absolute Gasteiger partial charge is 0.387 e. The molecule has 184 valence electrons. The lowest BCUT2D eigenvalue weighted by Crippen LogP contribution is -2.55. The van der Waals surface area contributed by atoms with Crippen LogP contribution in [0.2, 0.25) is 0 Å². The average molecular weight is 544 g/mol. The summed E-state index contributed by atoms with van der Waals surface area (Å²) in [5.74, 6) is -0.634. The van der Waals surface area contributed by atoms with E-state index in [1.165, 1.54) is 0 Å². The van der Waals surface area contributed by atoms with Gasteiger partial charge in [-0.3, -0.25) is 4.79 Å². The molecule has 0 aromatic heterocycles. The first-order valence-corrected chi connectivity index (χ1v) is 13.8. The van der Waals surface area contributed by atoms with Crippen molar-refractivity contribution >= 4 is 40.1 Å². The Labute approximate surface area is 185 Å². The van der Waals surface area contributed by atoms with Crippen molar-refractivity contribution in [1.29, 1.82) is 0 Å². The average Bonchev–Trinajstić information content (AvgIpc) is 2.78. The summed E-state index contributed by atoms with van der Waals surface area (Å²) in [6.45, 7) is -2.92. The number of aliphatic hydroxyl groups excluding tert-OH is 1. The number of carbonyl (C=O) groups is 1. The second kappa shape index (κ2) is 9.21. The van der Waals surface area contributed by atoms with Gasteiger partial charge in [-0.25, -0.2) is 17.8 Å². The SMILES string of the molecule is C=C1NC(=O)C=CN1[C@@H]1O[C@](CF)(CO[P@@](O)(=S)OP(=O)(O)OP(=O)(O)O)[C@@H](O)[C@@]1(C)O. The summed E-state index contributed by atoms with van der Waals surface area (Å²) < 4.78 is 54.0. The molecule has 2 aliphatic rings. The van der Waals surface area contributed by atoms with Gasteiger partial charge in [-0.05, 0) is 18.7 Å². The first-order chi connectivity index (χ1) is 14.3. The minimum absolute atomic E-state index is 0.0861. The molecule has 6 atom stereocenters. The maximum absolute atomic E-state index is 14.0. The first kappa shape index (κ1) is 27.6. The lowest BCUT2D eigenvalue weighted by atomic mass is 9.88. The van der Waals surface area contributed by atoms with Gasteiger partial charge in [-0.2, -0.15) is 4.31 Å². The van der Waals surface area contributed by atoms with E-state index < -0.39 is 65.1 Å². The molecule has 15 nitrogen and oxygen atoms in total. The summed E-state index contributed by atoms with van der Waals surface area (Å²) in [4.78, 5) is 48.8. The number of nitrogens with one attached hydrogen (secondary N) is 1. The second-order valence-electron chi connectivity index (χ2n) is 6.82. The number of rotatable bonds is 9. The van der Waals surface area contributed by atoms with E-state index in [4.69, 9.17) is 19.0 Å². The molecule has 1 saturated heterocycles. The van der Waals surface area contributed by atoms with Crippen LogP contribution < -0.4 is 5.32 Å². The van der Waals surface area contributed by atoms with Crippen LogP contribution in [-0.2, 0) is 43.6 Å². The summed E-state index contributed by atoms with van der Waals surface area (Å²) in [5, 5.41) is 23.6. The zero-order chi connectivity index (χ0) is 24.8. The number of aliphatic hydroxyl groups is 2. The zero-order valence-corrected chi connectivity index (χ0v) is 19.5. The van der Waals surface area contributed by atoms with Crippen molar-refractivity contribution < 1.29 is 66.0 Å². The number of amides is 1. The van der Waals surface area contributed by atoms with Gasteiger partial charge in [-0.1, -0.05) is 6.58 Å². The van der Waals surface area contributed by atoms with E-state index in [-0.39, 0.29) is 5.82 Å². The molecule has 20 heteroatoms. The number of hydrogen-bond donors (Lipinski definition) is 7. The van der Waals surface area contributed by atoms with Gasteiger partial charge in [0.05, 0.1) is 6.61 Å². The van der Waals surface area contributed by atoms with Crippen molar-refractivity contribution in [2.75, 3.05) is 13.3 Å². The van der Waals surface area contributed by atoms with Crippen LogP contribution in [0.4, 0.5) is 4.39 Å². The molecule has 0 aromatic carbocycles. The Morgan fingerprint density at radius 2 is 1.94 bits per heavy atom. The highest BCUT2D eigenvalue weighted by Gasteiger charge is 2.63. The molecule has 0 bridgehead atoms. The third-order valence-electron chi connectivity index (χ3n) is 4.23. The van der Waals surface area contributed by atoms with E-state index in [1.807, 2.05) is 0 Å². The number of phosphoric acid groups is 2. The molecule has 0 spiro atoms. The molecule has 2 heterocycles. The normalized spacial score (nSPS) is 34.8. The van der Waals surface area contributed by atoms with E-state index in [9.17, 15) is 38.3 Å². The first-order valence-electron chi connectivity index (χ1n) is 8.23. The lowest BCUT2D eigenvalue weighted by molar-refractivity contribution is -0.146. The van der Waals surface area contributed by atoms with E-state index >= 15 is 0 Å². The van der Waals surface area contributed by atoms with Crippen LogP contribution in [0.25, 0.3) is 0 Å². The molecule has 2 aliphatic heterocycles. The highest BCUT2D eigenvalue weighted by atomic mass is 32.5. The van der Waals surface area contributed by atoms with Crippen molar-refractivity contribution in [1.82, 2.24) is 10.2 Å². The maximum atomic E-state index is 14.0. The van der Waals surface area contributed by atoms with Crippen LogP contribution in [0.5, 0.6) is 0 Å². The van der Waals surface area contributed by atoms with Gasteiger partial charge in [0.15, 0.2) is 11.8 Å². The Bertz CT molecular complexity index is 956. The summed E-state index contributed by atoms with van der Waals surface area (Å²) in [5.41, 5.74) is -4.64. The molecule has 0 aliphatic carbocycles. The predicted octanol–water partition coefficient (Wildman–Crippen LogP) is -0.961. The Hall–Kier alpha value is -0.610. The summed E-state index contributed by atoms with van der Waals surface area (Å²) in [6.07, 6.45) is -1.41. The highest BCUT2D eigenvalue weighted by molar-refractivity contribution is 8.08. The Balaban J connectivity index is 2.22. The second-order valence-corrected chi connectivity index (χ2v) is 12.6. The van der Waals surface area contributed by atoms with Gasteiger partial charge in [0.2, 0.25) is 0 Å². The Morgan fingerprint density at radius 3 is 2.44 bits per heavy atom. The van der Waals surface area contributed by atoms with Gasteiger partial charge < -0.3 is 49.3 Å². The van der Waals surface area contributed by atoms with Crippen LogP contribution in [0.3, 0.4) is 0 Å². The lowest BCUT2D eigenvalue weighted by Gasteiger charge is -2.37. The maximum Gasteiger partial charge on any atom is 0.488 e. The molecular weight excluding hydrogens is 524 g/mol. The van der Waals surface area contributed by atoms with Crippen molar-refractivity contribution in [3.05, 3.63) is 24.7 Å². The summed E-state index contributed by atoms with van der Waals surface area (Å²) >= 11 is 4.45. The number of carbonyl (C=O) groups excluding carboxylic acids is 1. The van der Waals surface area contributed by atoms with E-state index in [2.05, 4.69) is 32.3 Å². The summed E-state index contributed by atoms with van der Waals surface area (Å²) in [6, 6.07) is 0. The van der Waals surface area contributed by atoms with Gasteiger partial charge in [0.1, 0.15) is 24.2 Å². The number of ether oxygens (including phenoxy) is 1. The number of halogens is 1. The fourth-order valence-electron chi connectivity index (χ4n) is 2.87. The Morgan fingerprint density at radius 1 is 1.34 bits per heavy atom. The zero-order valence-electron chi connectivity index (χ0n) is 16.0. The van der Waals surface area contributed by atoms with Crippen molar-refractivity contribution in [3.8, 4) is 0 Å². The summed E-state index contributed by atoms with van der Waals surface area (Å²) in [7, 11) is -11.2. The molecule has 2 rings (SSSR count). The van der Waals surface area contributed by atoms with Gasteiger partial charge in [-0.15, -0.1) is 0 Å². The molecule has 32 heavy (non-hydrogen) atoms. The van der Waals surface area contributed by atoms with Crippen LogP contribution in [0.15, 0.2) is 24.7 Å². The molecule has 0 saturated carbocycles. The Kier molecular flexibility index (Phi) is 7.95. The highest BCUT2D eigenvalue weighted by Crippen LogP contribution is 2.66. The molecule has 1 fully saturated rings. The van der Waals surface area contributed by atoms with Crippen LogP contribution in [0.1, 0.15) is 6.92 Å². The monoisotopic (exact) mass is 544 g/mol. The quantitative estimate of drug-likeness (QED) is 0.174. The third kappa shape index (κ3) is 6.29. The minimum Gasteiger partial charge on any atom is -0.387 e. The predicted molar refractivity (Wildman–Crippen MR) is 105 cm³/mol. The van der Waals surface area contributed by atoms with Crippen molar-refractivity contribution in [2.45, 2.75) is 30.5 Å². The van der Waals surface area contributed by atoms with Crippen LogP contribution >= 0.6 is 22.4 Å². The van der Waals surface area contributed by atoms with E-state index in [0.29, 0.717) is 0 Å². The van der Waals surface area contributed by atoms with E-state index in [1.54, 1.807) is 0 Å². The van der Waals surface area contributed by atoms with E-state index in [0.717, 1.165) is 24.1 Å². The topological polar surface area (TPSA) is 225 Å². The van der Waals surface area contributed by atoms with Gasteiger partial charge >= 0.3 is 22.4 Å². The molecule has 0 aromatic rings. The van der Waals surface area contributed by atoms with Crippen molar-refractivity contribution in [3.63, 3.8) is 0 Å². The number of hydrogen-bond acceptors (Lipinski definition) is 11. The minimum atomic E-state index is -5.62. The van der Waals surface area contributed by atoms with Gasteiger partial charge in [0.25, 0.3) is 5.91 Å². The number of alkyl halides is 1.